The van der Waals surface area contributed by atoms with Gasteiger partial charge in [-0.05, 0) is 43.0 Å². The lowest BCUT2D eigenvalue weighted by molar-refractivity contribution is 0.0943. The Bertz CT molecular complexity index is 700. The van der Waals surface area contributed by atoms with E-state index in [1.807, 2.05) is 12.1 Å². The lowest BCUT2D eigenvalue weighted by atomic mass is 10.1. The van der Waals surface area contributed by atoms with E-state index in [1.165, 1.54) is 5.69 Å². The van der Waals surface area contributed by atoms with E-state index in [2.05, 4.69) is 61.5 Å². The Hall–Kier alpha value is -1.82. The molecule has 0 radical (unpaired) electrons. The van der Waals surface area contributed by atoms with Gasteiger partial charge in [-0.3, -0.25) is 9.89 Å². The van der Waals surface area contributed by atoms with Crippen LogP contribution in [0.2, 0.25) is 0 Å². The van der Waals surface area contributed by atoms with Gasteiger partial charge < -0.3 is 10.2 Å². The molecule has 1 unspecified atom stereocenters. The average molecular weight is 391 g/mol. The number of amides is 1. The molecule has 1 atom stereocenters. The zero-order valence-corrected chi connectivity index (χ0v) is 15.5. The molecule has 0 saturated carbocycles. The first-order valence-corrected chi connectivity index (χ1v) is 9.28. The fraction of sp³-hybridized carbons (Fsp3) is 0.444. The van der Waals surface area contributed by atoms with Gasteiger partial charge in [-0.25, -0.2) is 0 Å². The first kappa shape index (κ1) is 17.0. The number of carbonyl (C=O) groups excluding carboxylic acids is 1. The van der Waals surface area contributed by atoms with E-state index in [1.54, 1.807) is 0 Å². The van der Waals surface area contributed by atoms with Gasteiger partial charge in [0.25, 0.3) is 5.91 Å². The van der Waals surface area contributed by atoms with E-state index in [9.17, 15) is 4.79 Å². The lowest BCUT2D eigenvalue weighted by Gasteiger charge is -2.19. The fourth-order valence-corrected chi connectivity index (χ4v) is 3.50. The topological polar surface area (TPSA) is 61.0 Å². The van der Waals surface area contributed by atoms with Gasteiger partial charge >= 0.3 is 0 Å². The standard InChI is InChI=1S/C18H23BrN4O/c1-2-4-15-10-17(22-21-15)18(24)20-11-13-7-8-23(12-13)16-6-3-5-14(19)9-16/h3,5-6,9-10,13H,2,4,7-8,11-12H2,1H3,(H,20,24)(H,21,22). The summed E-state index contributed by atoms with van der Waals surface area (Å²) in [5, 5.41) is 10.0. The highest BCUT2D eigenvalue weighted by Crippen LogP contribution is 2.25. The molecule has 2 aromatic rings. The van der Waals surface area contributed by atoms with Gasteiger partial charge in [0, 0.05) is 35.5 Å². The van der Waals surface area contributed by atoms with Crippen LogP contribution < -0.4 is 10.2 Å². The van der Waals surface area contributed by atoms with Crippen LogP contribution in [0.1, 0.15) is 35.9 Å². The van der Waals surface area contributed by atoms with Crippen LogP contribution >= 0.6 is 15.9 Å². The Labute approximate surface area is 151 Å². The Morgan fingerprint density at radius 3 is 3.12 bits per heavy atom. The van der Waals surface area contributed by atoms with E-state index < -0.39 is 0 Å². The molecule has 1 aromatic heterocycles. The highest BCUT2D eigenvalue weighted by molar-refractivity contribution is 9.10. The van der Waals surface area contributed by atoms with E-state index in [0.29, 0.717) is 18.2 Å². The van der Waals surface area contributed by atoms with Crippen molar-refractivity contribution >= 4 is 27.5 Å². The van der Waals surface area contributed by atoms with Crippen molar-refractivity contribution in [3.8, 4) is 0 Å². The van der Waals surface area contributed by atoms with Crippen LogP contribution in [-0.2, 0) is 6.42 Å². The van der Waals surface area contributed by atoms with Crippen LogP contribution in [0.3, 0.4) is 0 Å². The molecule has 0 spiro atoms. The minimum Gasteiger partial charge on any atom is -0.371 e. The minimum atomic E-state index is -0.0884. The van der Waals surface area contributed by atoms with Gasteiger partial charge in [-0.15, -0.1) is 0 Å². The Morgan fingerprint density at radius 1 is 1.46 bits per heavy atom. The summed E-state index contributed by atoms with van der Waals surface area (Å²) >= 11 is 3.52. The summed E-state index contributed by atoms with van der Waals surface area (Å²) in [6.45, 7) is 4.80. The Morgan fingerprint density at radius 2 is 2.33 bits per heavy atom. The molecule has 5 nitrogen and oxygen atoms in total. The summed E-state index contributed by atoms with van der Waals surface area (Å²) in [5.74, 6) is 0.386. The summed E-state index contributed by atoms with van der Waals surface area (Å²) in [6, 6.07) is 10.2. The van der Waals surface area contributed by atoms with E-state index in [-0.39, 0.29) is 5.91 Å². The Balaban J connectivity index is 1.49. The molecule has 1 aliphatic heterocycles. The van der Waals surface area contributed by atoms with Crippen molar-refractivity contribution < 1.29 is 4.79 Å². The zero-order valence-electron chi connectivity index (χ0n) is 13.9. The third-order valence-electron chi connectivity index (χ3n) is 4.39. The molecule has 1 amide bonds. The van der Waals surface area contributed by atoms with Gasteiger partial charge in [0.05, 0.1) is 0 Å². The largest absolute Gasteiger partial charge is 0.371 e. The second-order valence-electron chi connectivity index (χ2n) is 6.32. The van der Waals surface area contributed by atoms with Crippen LogP contribution in [-0.4, -0.2) is 35.7 Å². The molecule has 24 heavy (non-hydrogen) atoms. The predicted octanol–water partition coefficient (Wildman–Crippen LogP) is 3.38. The molecule has 0 aliphatic carbocycles. The first-order valence-electron chi connectivity index (χ1n) is 8.48. The molecule has 1 fully saturated rings. The van der Waals surface area contributed by atoms with Gasteiger partial charge in [0.15, 0.2) is 0 Å². The highest BCUT2D eigenvalue weighted by Gasteiger charge is 2.23. The molecule has 1 aromatic carbocycles. The lowest BCUT2D eigenvalue weighted by Crippen LogP contribution is -2.31. The summed E-state index contributed by atoms with van der Waals surface area (Å²) in [7, 11) is 0. The van der Waals surface area contributed by atoms with Crippen LogP contribution in [0.15, 0.2) is 34.8 Å². The van der Waals surface area contributed by atoms with Crippen molar-refractivity contribution in [1.29, 1.82) is 0 Å². The number of hydrogen-bond donors (Lipinski definition) is 2. The van der Waals surface area contributed by atoms with Gasteiger partial charge in [-0.1, -0.05) is 35.3 Å². The molecule has 6 heteroatoms. The highest BCUT2D eigenvalue weighted by atomic mass is 79.9. The molecular weight excluding hydrogens is 368 g/mol. The molecule has 3 rings (SSSR count). The number of nitrogens with one attached hydrogen (secondary N) is 2. The number of H-pyrrole nitrogens is 1. The third-order valence-corrected chi connectivity index (χ3v) is 4.89. The number of anilines is 1. The normalized spacial score (nSPS) is 17.2. The molecule has 2 heterocycles. The van der Waals surface area contributed by atoms with E-state index >= 15 is 0 Å². The number of nitrogens with zero attached hydrogens (tertiary/aromatic N) is 2. The molecule has 2 N–H and O–H groups in total. The molecular formula is C18H23BrN4O. The van der Waals surface area contributed by atoms with E-state index in [4.69, 9.17) is 0 Å². The first-order chi connectivity index (χ1) is 11.7. The van der Waals surface area contributed by atoms with Crippen molar-refractivity contribution in [3.05, 3.63) is 46.2 Å². The van der Waals surface area contributed by atoms with Crippen molar-refractivity contribution in [1.82, 2.24) is 15.5 Å². The number of benzene rings is 1. The minimum absolute atomic E-state index is 0.0884. The number of aryl methyl sites for hydroxylation is 1. The third kappa shape index (κ3) is 4.17. The quantitative estimate of drug-likeness (QED) is 0.794. The maximum absolute atomic E-state index is 12.2. The van der Waals surface area contributed by atoms with Crippen LogP contribution in [0.5, 0.6) is 0 Å². The summed E-state index contributed by atoms with van der Waals surface area (Å²) in [6.07, 6.45) is 3.05. The number of aromatic amines is 1. The fourth-order valence-electron chi connectivity index (χ4n) is 3.11. The number of hydrogen-bond acceptors (Lipinski definition) is 3. The maximum Gasteiger partial charge on any atom is 0.271 e. The maximum atomic E-state index is 12.2. The second kappa shape index (κ2) is 7.83. The van der Waals surface area contributed by atoms with Crippen molar-refractivity contribution in [2.45, 2.75) is 26.2 Å². The molecule has 1 saturated heterocycles. The van der Waals surface area contributed by atoms with Crippen LogP contribution in [0.25, 0.3) is 0 Å². The molecule has 0 bridgehead atoms. The number of carbonyl (C=O) groups is 1. The van der Waals surface area contributed by atoms with Gasteiger partial charge in [-0.2, -0.15) is 5.10 Å². The number of aromatic nitrogens is 2. The average Bonchev–Trinajstić information content (AvgIpc) is 3.22. The zero-order chi connectivity index (χ0) is 16.9. The van der Waals surface area contributed by atoms with Gasteiger partial charge in [0.1, 0.15) is 5.69 Å². The second-order valence-corrected chi connectivity index (χ2v) is 7.23. The smallest absolute Gasteiger partial charge is 0.271 e. The molecule has 1 aliphatic rings. The summed E-state index contributed by atoms with van der Waals surface area (Å²) in [4.78, 5) is 14.6. The predicted molar refractivity (Wildman–Crippen MR) is 99.4 cm³/mol. The van der Waals surface area contributed by atoms with Gasteiger partial charge in [0.2, 0.25) is 0 Å². The molecule has 128 valence electrons. The monoisotopic (exact) mass is 390 g/mol. The summed E-state index contributed by atoms with van der Waals surface area (Å²) < 4.78 is 1.10. The van der Waals surface area contributed by atoms with Crippen molar-refractivity contribution in [2.75, 3.05) is 24.5 Å². The van der Waals surface area contributed by atoms with E-state index in [0.717, 1.165) is 42.5 Å². The van der Waals surface area contributed by atoms with Crippen LogP contribution in [0, 0.1) is 5.92 Å². The van der Waals surface area contributed by atoms with Crippen LogP contribution in [0.4, 0.5) is 5.69 Å². The Kier molecular flexibility index (Phi) is 5.56. The van der Waals surface area contributed by atoms with Crippen molar-refractivity contribution in [2.24, 2.45) is 5.92 Å². The van der Waals surface area contributed by atoms with Crippen molar-refractivity contribution in [3.63, 3.8) is 0 Å². The number of rotatable bonds is 6. The summed E-state index contributed by atoms with van der Waals surface area (Å²) in [5.41, 5.74) is 2.74. The number of halogens is 1. The SMILES string of the molecule is CCCc1cc(C(=O)NCC2CCN(c3cccc(Br)c3)C2)n[nH]1.